The molecule has 1 saturated carbocycles. The van der Waals surface area contributed by atoms with Gasteiger partial charge in [0.25, 0.3) is 0 Å². The number of ketones is 1. The Balaban J connectivity index is 1.99. The molecule has 3 rings (SSSR count). The molecular weight excluding hydrogens is 350 g/mol. The third-order valence-electron chi connectivity index (χ3n) is 5.10. The molecule has 4 nitrogen and oxygen atoms in total. The highest BCUT2D eigenvalue weighted by Crippen LogP contribution is 2.35. The average Bonchev–Trinajstić information content (AvgIpc) is 2.73. The van der Waals surface area contributed by atoms with Gasteiger partial charge in [0.2, 0.25) is 0 Å². The van der Waals surface area contributed by atoms with Gasteiger partial charge in [0.1, 0.15) is 11.5 Å². The molecule has 1 aliphatic carbocycles. The number of carbonyl (C=O) groups excluding carboxylic acids is 1. The van der Waals surface area contributed by atoms with Crippen molar-refractivity contribution >= 4 is 17.2 Å². The summed E-state index contributed by atoms with van der Waals surface area (Å²) in [6.07, 6.45) is 3.35. The number of nitrogens with zero attached hydrogens (tertiary/aromatic N) is 1. The van der Waals surface area contributed by atoms with Gasteiger partial charge >= 0.3 is 0 Å². The molecule has 1 unspecified atom stereocenters. The molecule has 0 saturated heterocycles. The summed E-state index contributed by atoms with van der Waals surface area (Å²) in [5.74, 6) is 0.979. The van der Waals surface area contributed by atoms with E-state index in [0.717, 1.165) is 29.8 Å². The Morgan fingerprint density at radius 1 is 1.11 bits per heavy atom. The van der Waals surface area contributed by atoms with Gasteiger partial charge in [-0.25, -0.2) is 0 Å². The molecule has 0 heterocycles. The first-order valence-electron chi connectivity index (χ1n) is 9.84. The van der Waals surface area contributed by atoms with Crippen LogP contribution in [0.1, 0.15) is 50.5 Å². The molecule has 146 valence electrons. The topological polar surface area (TPSA) is 58.9 Å². The van der Waals surface area contributed by atoms with Gasteiger partial charge in [-0.05, 0) is 48.6 Å². The van der Waals surface area contributed by atoms with Crippen molar-refractivity contribution < 1.29 is 14.6 Å². The molecule has 28 heavy (non-hydrogen) atoms. The van der Waals surface area contributed by atoms with E-state index in [0.29, 0.717) is 30.5 Å². The highest BCUT2D eigenvalue weighted by atomic mass is 16.5. The lowest BCUT2D eigenvalue weighted by Crippen LogP contribution is -2.26. The zero-order valence-corrected chi connectivity index (χ0v) is 16.5. The lowest BCUT2D eigenvalue weighted by molar-refractivity contribution is -0.115. The lowest BCUT2D eigenvalue weighted by atomic mass is 9.78. The summed E-state index contributed by atoms with van der Waals surface area (Å²) in [6.45, 7) is 2.07. The monoisotopic (exact) mass is 377 g/mol. The van der Waals surface area contributed by atoms with Crippen LogP contribution in [0.15, 0.2) is 70.9 Å². The highest BCUT2D eigenvalue weighted by molar-refractivity contribution is 6.25. The minimum Gasteiger partial charge on any atom is -0.511 e. The van der Waals surface area contributed by atoms with Crippen LogP contribution >= 0.6 is 0 Å². The Morgan fingerprint density at radius 2 is 1.82 bits per heavy atom. The molecule has 0 aromatic heterocycles. The van der Waals surface area contributed by atoms with Crippen molar-refractivity contribution in [1.82, 2.24) is 0 Å². The zero-order valence-electron chi connectivity index (χ0n) is 16.5. The molecule has 0 aliphatic heterocycles. The maximum atomic E-state index is 13.0. The zero-order chi connectivity index (χ0) is 19.9. The second-order valence-corrected chi connectivity index (χ2v) is 7.12. The summed E-state index contributed by atoms with van der Waals surface area (Å²) in [5, 5.41) is 10.6. The van der Waals surface area contributed by atoms with Gasteiger partial charge in [-0.15, -0.1) is 0 Å². The highest BCUT2D eigenvalue weighted by Gasteiger charge is 2.32. The molecular formula is C24H27NO3. The molecule has 1 N–H and O–H groups in total. The quantitative estimate of drug-likeness (QED) is 0.502. The van der Waals surface area contributed by atoms with Crippen LogP contribution in [0.25, 0.3) is 0 Å². The molecule has 1 aliphatic rings. The molecule has 1 fully saturated rings. The number of aliphatic hydroxyl groups is 1. The minimum absolute atomic E-state index is 0.0269. The fourth-order valence-corrected chi connectivity index (χ4v) is 3.57. The van der Waals surface area contributed by atoms with E-state index in [1.807, 2.05) is 42.5 Å². The Morgan fingerprint density at radius 3 is 2.46 bits per heavy atom. The van der Waals surface area contributed by atoms with Crippen LogP contribution in [0.4, 0.5) is 5.69 Å². The Hall–Kier alpha value is -2.88. The van der Waals surface area contributed by atoms with Crippen LogP contribution < -0.4 is 4.74 Å². The van der Waals surface area contributed by atoms with E-state index in [1.54, 1.807) is 7.11 Å². The lowest BCUT2D eigenvalue weighted by Gasteiger charge is -2.26. The van der Waals surface area contributed by atoms with Crippen LogP contribution in [-0.4, -0.2) is 23.7 Å². The van der Waals surface area contributed by atoms with Crippen LogP contribution in [0.2, 0.25) is 0 Å². The second kappa shape index (κ2) is 9.36. The summed E-state index contributed by atoms with van der Waals surface area (Å²) >= 11 is 0. The van der Waals surface area contributed by atoms with Crippen molar-refractivity contribution in [2.75, 3.05) is 7.11 Å². The van der Waals surface area contributed by atoms with Gasteiger partial charge in [0, 0.05) is 12.8 Å². The number of unbranched alkanes of at least 4 members (excludes halogenated alkanes) is 1. The Bertz CT molecular complexity index is 866. The van der Waals surface area contributed by atoms with Gasteiger partial charge in [-0.1, -0.05) is 43.7 Å². The normalized spacial score (nSPS) is 20.3. The predicted molar refractivity (Wildman–Crippen MR) is 113 cm³/mol. The van der Waals surface area contributed by atoms with Gasteiger partial charge in [-0.3, -0.25) is 9.79 Å². The third-order valence-corrected chi connectivity index (χ3v) is 5.10. The number of ether oxygens (including phenoxy) is 1. The predicted octanol–water partition coefficient (Wildman–Crippen LogP) is 5.92. The summed E-state index contributed by atoms with van der Waals surface area (Å²) < 4.78 is 5.20. The van der Waals surface area contributed by atoms with Crippen molar-refractivity contribution in [3.63, 3.8) is 0 Å². The van der Waals surface area contributed by atoms with Crippen molar-refractivity contribution in [1.29, 1.82) is 0 Å². The van der Waals surface area contributed by atoms with E-state index in [1.165, 1.54) is 0 Å². The molecule has 0 spiro atoms. The molecule has 2 aromatic rings. The Labute approximate surface area is 166 Å². The van der Waals surface area contributed by atoms with E-state index < -0.39 is 0 Å². The number of aliphatic imine (C=N–C) groups is 1. The van der Waals surface area contributed by atoms with Crippen molar-refractivity contribution in [3.05, 3.63) is 71.5 Å². The summed E-state index contributed by atoms with van der Waals surface area (Å²) in [5.41, 5.74) is 2.96. The number of carbonyl (C=O) groups is 1. The van der Waals surface area contributed by atoms with Crippen LogP contribution in [0.3, 0.4) is 0 Å². The van der Waals surface area contributed by atoms with Crippen LogP contribution in [0.5, 0.6) is 5.75 Å². The molecule has 0 radical (unpaired) electrons. The number of rotatable bonds is 6. The van der Waals surface area contributed by atoms with Crippen LogP contribution in [0, 0.1) is 0 Å². The minimum atomic E-state index is -0.0269. The number of benzene rings is 2. The number of Topliss-reactive ketones (excluding diaryl/α,β-unsaturated/α-hetero) is 1. The summed E-state index contributed by atoms with van der Waals surface area (Å²) in [6, 6.07) is 17.5. The smallest absolute Gasteiger partial charge is 0.168 e. The molecule has 0 amide bonds. The number of allylic oxidation sites excluding steroid dienone is 2. The number of hydrogen-bond donors (Lipinski definition) is 1. The number of aliphatic hydroxyl groups excluding tert-OH is 1. The molecule has 2 aromatic carbocycles. The van der Waals surface area contributed by atoms with E-state index in [-0.39, 0.29) is 17.5 Å². The first kappa shape index (κ1) is 19.9. The SMILES string of the molecule is CCCCC(O)=C1C(=O)CC(c2ccccc2)CC1=Nc1ccc(OC)cc1. The van der Waals surface area contributed by atoms with E-state index in [4.69, 9.17) is 9.73 Å². The standard InChI is InChI=1S/C24H27NO3/c1-3-4-10-22(26)24-21(25-19-11-13-20(28-2)14-12-19)15-18(16-23(24)27)17-8-6-5-7-9-17/h5-9,11-14,18,26H,3-4,10,15-16H2,1-2H3. The van der Waals surface area contributed by atoms with Crippen molar-refractivity contribution in [3.8, 4) is 5.75 Å². The first-order valence-corrected chi connectivity index (χ1v) is 9.84. The van der Waals surface area contributed by atoms with Gasteiger partial charge < -0.3 is 9.84 Å². The molecule has 1 atom stereocenters. The average molecular weight is 377 g/mol. The Kier molecular flexibility index (Phi) is 6.64. The van der Waals surface area contributed by atoms with Crippen molar-refractivity contribution in [2.45, 2.75) is 44.9 Å². The molecule has 0 bridgehead atoms. The first-order chi connectivity index (χ1) is 13.6. The van der Waals surface area contributed by atoms with Crippen LogP contribution in [-0.2, 0) is 4.79 Å². The summed E-state index contributed by atoms with van der Waals surface area (Å²) in [7, 11) is 1.62. The fourth-order valence-electron chi connectivity index (χ4n) is 3.57. The largest absolute Gasteiger partial charge is 0.511 e. The number of hydrogen-bond acceptors (Lipinski definition) is 4. The van der Waals surface area contributed by atoms with Gasteiger partial charge in [0.05, 0.1) is 24.1 Å². The van der Waals surface area contributed by atoms with Crippen molar-refractivity contribution in [2.24, 2.45) is 4.99 Å². The third kappa shape index (κ3) is 4.69. The van der Waals surface area contributed by atoms with E-state index in [9.17, 15) is 9.90 Å². The van der Waals surface area contributed by atoms with Gasteiger partial charge in [-0.2, -0.15) is 0 Å². The van der Waals surface area contributed by atoms with Gasteiger partial charge in [0.15, 0.2) is 5.78 Å². The maximum Gasteiger partial charge on any atom is 0.168 e. The second-order valence-electron chi connectivity index (χ2n) is 7.12. The summed E-state index contributed by atoms with van der Waals surface area (Å²) in [4.78, 5) is 17.7. The van der Waals surface area contributed by atoms with E-state index in [2.05, 4.69) is 19.1 Å². The fraction of sp³-hybridized carbons (Fsp3) is 0.333. The molecule has 4 heteroatoms. The van der Waals surface area contributed by atoms with E-state index >= 15 is 0 Å². The number of methoxy groups -OCH3 is 1. The maximum absolute atomic E-state index is 13.0.